The number of carbonyl (C=O) groups is 4. The molecular weight excluding hydrogens is 394 g/mol. The van der Waals surface area contributed by atoms with Crippen LogP contribution < -0.4 is 5.32 Å². The van der Waals surface area contributed by atoms with Crippen LogP contribution in [0.5, 0.6) is 0 Å². The monoisotopic (exact) mass is 427 g/mol. The SMILES string of the molecule is COC(=O)[C@@H]1CCC[C@@H]2N(C(=O)OC(C)(C)C)C[C@H](NC(=O)OC(C)(C)C)C(=O)N21. The van der Waals surface area contributed by atoms with Crippen LogP contribution in [0.2, 0.25) is 0 Å². The second kappa shape index (κ2) is 8.69. The number of esters is 1. The van der Waals surface area contributed by atoms with Crippen molar-refractivity contribution in [2.45, 2.75) is 90.3 Å². The first-order valence-electron chi connectivity index (χ1n) is 10.1. The topological polar surface area (TPSA) is 114 Å². The van der Waals surface area contributed by atoms with Gasteiger partial charge in [0.25, 0.3) is 0 Å². The maximum atomic E-state index is 13.2. The molecule has 0 spiro atoms. The molecule has 10 heteroatoms. The van der Waals surface area contributed by atoms with Crippen molar-refractivity contribution in [1.29, 1.82) is 0 Å². The number of nitrogens with one attached hydrogen (secondary N) is 1. The van der Waals surface area contributed by atoms with E-state index < -0.39 is 53.5 Å². The molecule has 0 aliphatic carbocycles. The molecule has 3 amide bonds. The van der Waals surface area contributed by atoms with Crippen molar-refractivity contribution in [2.75, 3.05) is 13.7 Å². The molecule has 0 unspecified atom stereocenters. The number of methoxy groups -OCH3 is 1. The summed E-state index contributed by atoms with van der Waals surface area (Å²) in [7, 11) is 1.25. The number of rotatable bonds is 2. The fourth-order valence-electron chi connectivity index (χ4n) is 3.60. The Kier molecular flexibility index (Phi) is 6.88. The molecule has 0 bridgehead atoms. The minimum Gasteiger partial charge on any atom is -0.467 e. The van der Waals surface area contributed by atoms with Gasteiger partial charge in [-0.1, -0.05) is 0 Å². The number of alkyl carbamates (subject to hydrolysis) is 1. The normalized spacial score (nSPS) is 24.6. The van der Waals surface area contributed by atoms with E-state index in [4.69, 9.17) is 14.2 Å². The van der Waals surface area contributed by atoms with E-state index in [2.05, 4.69) is 5.32 Å². The van der Waals surface area contributed by atoms with Crippen LogP contribution in [0.4, 0.5) is 9.59 Å². The van der Waals surface area contributed by atoms with Crippen LogP contribution in [-0.2, 0) is 23.8 Å². The van der Waals surface area contributed by atoms with Crippen molar-refractivity contribution in [3.05, 3.63) is 0 Å². The summed E-state index contributed by atoms with van der Waals surface area (Å²) in [6.07, 6.45) is -0.505. The van der Waals surface area contributed by atoms with Crippen molar-refractivity contribution < 1.29 is 33.4 Å². The van der Waals surface area contributed by atoms with Crippen LogP contribution in [-0.4, -0.2) is 77.0 Å². The highest BCUT2D eigenvalue weighted by Gasteiger charge is 2.50. The van der Waals surface area contributed by atoms with E-state index in [1.165, 1.54) is 16.9 Å². The highest BCUT2D eigenvalue weighted by Crippen LogP contribution is 2.31. The number of ether oxygens (including phenoxy) is 3. The molecule has 170 valence electrons. The van der Waals surface area contributed by atoms with E-state index in [0.717, 1.165) is 0 Å². The van der Waals surface area contributed by atoms with Gasteiger partial charge in [-0.2, -0.15) is 0 Å². The van der Waals surface area contributed by atoms with Crippen molar-refractivity contribution in [3.8, 4) is 0 Å². The molecule has 10 nitrogen and oxygen atoms in total. The highest BCUT2D eigenvalue weighted by atomic mass is 16.6. The van der Waals surface area contributed by atoms with E-state index in [1.54, 1.807) is 41.5 Å². The molecule has 2 saturated heterocycles. The van der Waals surface area contributed by atoms with E-state index in [1.807, 2.05) is 0 Å². The summed E-state index contributed by atoms with van der Waals surface area (Å²) in [5.74, 6) is -1.02. The maximum absolute atomic E-state index is 13.2. The molecule has 2 rings (SSSR count). The summed E-state index contributed by atoms with van der Waals surface area (Å²) in [6, 6.07) is -1.91. The fraction of sp³-hybridized carbons (Fsp3) is 0.800. The molecule has 3 atom stereocenters. The number of fused-ring (bicyclic) bond motifs is 1. The zero-order valence-electron chi connectivity index (χ0n) is 18.8. The molecule has 2 heterocycles. The molecule has 0 aromatic heterocycles. The number of amides is 3. The first kappa shape index (κ1) is 23.8. The van der Waals surface area contributed by atoms with E-state index in [9.17, 15) is 19.2 Å². The first-order valence-corrected chi connectivity index (χ1v) is 10.1. The number of piperidine rings is 1. The third-order valence-electron chi connectivity index (χ3n) is 4.68. The zero-order valence-corrected chi connectivity index (χ0v) is 18.8. The highest BCUT2D eigenvalue weighted by molar-refractivity contribution is 5.92. The Hall–Kier alpha value is -2.52. The van der Waals surface area contributed by atoms with Gasteiger partial charge >= 0.3 is 18.2 Å². The summed E-state index contributed by atoms with van der Waals surface area (Å²) in [6.45, 7) is 10.3. The standard InChI is InChI=1S/C20H33N3O7/c1-19(2,3)29-17(26)21-12-11-22(18(27)30-20(4,5)6)14-10-8-9-13(16(25)28-7)23(14)15(12)24/h12-14H,8-11H2,1-7H3,(H,21,26)/t12-,13-,14+/m0/s1. The Balaban J connectivity index is 2.33. The Morgan fingerprint density at radius 1 is 1.00 bits per heavy atom. The van der Waals surface area contributed by atoms with Gasteiger partial charge in [0.05, 0.1) is 13.7 Å². The Labute approximate surface area is 177 Å². The minimum atomic E-state index is -1.08. The first-order chi connectivity index (χ1) is 13.7. The molecule has 2 aliphatic rings. The second-order valence-electron chi connectivity index (χ2n) is 9.53. The van der Waals surface area contributed by atoms with Crippen LogP contribution in [0.3, 0.4) is 0 Å². The van der Waals surface area contributed by atoms with Crippen LogP contribution in [0.1, 0.15) is 60.8 Å². The van der Waals surface area contributed by atoms with Gasteiger partial charge in [-0.25, -0.2) is 14.4 Å². The average molecular weight is 427 g/mol. The van der Waals surface area contributed by atoms with Gasteiger partial charge in [0.2, 0.25) is 5.91 Å². The molecule has 0 aromatic carbocycles. The smallest absolute Gasteiger partial charge is 0.412 e. The lowest BCUT2D eigenvalue weighted by Crippen LogP contribution is -2.71. The van der Waals surface area contributed by atoms with Gasteiger partial charge in [-0.15, -0.1) is 0 Å². The van der Waals surface area contributed by atoms with Crippen LogP contribution in [0.25, 0.3) is 0 Å². The fourth-order valence-corrected chi connectivity index (χ4v) is 3.60. The summed E-state index contributed by atoms with van der Waals surface area (Å²) < 4.78 is 15.6. The molecule has 30 heavy (non-hydrogen) atoms. The molecule has 0 radical (unpaired) electrons. The summed E-state index contributed by atoms with van der Waals surface area (Å²) in [5, 5.41) is 2.53. The van der Waals surface area contributed by atoms with Crippen LogP contribution >= 0.6 is 0 Å². The predicted molar refractivity (Wildman–Crippen MR) is 106 cm³/mol. The minimum absolute atomic E-state index is 0.0813. The largest absolute Gasteiger partial charge is 0.467 e. The second-order valence-corrected chi connectivity index (χ2v) is 9.53. The van der Waals surface area contributed by atoms with Crippen molar-refractivity contribution in [1.82, 2.24) is 15.1 Å². The molecule has 0 saturated carbocycles. The van der Waals surface area contributed by atoms with Crippen molar-refractivity contribution in [3.63, 3.8) is 0 Å². The molecule has 2 aliphatic heterocycles. The number of hydrogen-bond donors (Lipinski definition) is 1. The van der Waals surface area contributed by atoms with E-state index in [-0.39, 0.29) is 6.54 Å². The lowest BCUT2D eigenvalue weighted by atomic mass is 9.94. The van der Waals surface area contributed by atoms with Gasteiger partial charge < -0.3 is 24.4 Å². The lowest BCUT2D eigenvalue weighted by Gasteiger charge is -2.50. The third kappa shape index (κ3) is 5.76. The van der Waals surface area contributed by atoms with Crippen molar-refractivity contribution in [2.24, 2.45) is 0 Å². The summed E-state index contributed by atoms with van der Waals surface area (Å²) in [5.41, 5.74) is -1.50. The summed E-state index contributed by atoms with van der Waals surface area (Å²) in [4.78, 5) is 53.4. The Morgan fingerprint density at radius 2 is 1.60 bits per heavy atom. The predicted octanol–water partition coefficient (Wildman–Crippen LogP) is 2.01. The van der Waals surface area contributed by atoms with Crippen molar-refractivity contribution >= 4 is 24.1 Å². The van der Waals surface area contributed by atoms with E-state index >= 15 is 0 Å². The Morgan fingerprint density at radius 3 is 2.13 bits per heavy atom. The average Bonchev–Trinajstić information content (AvgIpc) is 2.59. The molecule has 0 aromatic rings. The number of hydrogen-bond acceptors (Lipinski definition) is 7. The summed E-state index contributed by atoms with van der Waals surface area (Å²) >= 11 is 0. The Bertz CT molecular complexity index is 695. The lowest BCUT2D eigenvalue weighted by molar-refractivity contribution is -0.168. The molecule has 1 N–H and O–H groups in total. The molecular formula is C20H33N3O7. The maximum Gasteiger partial charge on any atom is 0.412 e. The van der Waals surface area contributed by atoms with Gasteiger partial charge in [-0.3, -0.25) is 9.69 Å². The van der Waals surface area contributed by atoms with Gasteiger partial charge in [0.1, 0.15) is 29.5 Å². The molecule has 2 fully saturated rings. The number of carbonyl (C=O) groups excluding carboxylic acids is 4. The van der Waals surface area contributed by atoms with Gasteiger partial charge in [-0.05, 0) is 60.8 Å². The van der Waals surface area contributed by atoms with Crippen LogP contribution in [0, 0.1) is 0 Å². The van der Waals surface area contributed by atoms with Gasteiger partial charge in [0.15, 0.2) is 0 Å². The number of nitrogens with zero attached hydrogens (tertiary/aromatic N) is 2. The zero-order chi connectivity index (χ0) is 22.9. The van der Waals surface area contributed by atoms with Gasteiger partial charge in [0, 0.05) is 0 Å². The van der Waals surface area contributed by atoms with Crippen LogP contribution in [0.15, 0.2) is 0 Å². The van der Waals surface area contributed by atoms with E-state index in [0.29, 0.717) is 19.3 Å². The third-order valence-corrected chi connectivity index (χ3v) is 4.68. The quantitative estimate of drug-likeness (QED) is 0.529.